The van der Waals surface area contributed by atoms with Gasteiger partial charge in [-0.05, 0) is 48.9 Å². The molecule has 30 heavy (non-hydrogen) atoms. The van der Waals surface area contributed by atoms with Gasteiger partial charge in [-0.15, -0.1) is 0 Å². The quantitative estimate of drug-likeness (QED) is 0.372. The van der Waals surface area contributed by atoms with Crippen molar-refractivity contribution in [2.24, 2.45) is 5.10 Å². The maximum Gasteiger partial charge on any atom is 0.307 e. The first-order valence-electron chi connectivity index (χ1n) is 9.39. The monoisotopic (exact) mass is 400 g/mol. The molecule has 2 aromatic heterocycles. The molecule has 150 valence electrons. The summed E-state index contributed by atoms with van der Waals surface area (Å²) in [5, 5.41) is 4.17. The van der Waals surface area contributed by atoms with Gasteiger partial charge in [0.2, 0.25) is 0 Å². The first-order chi connectivity index (χ1) is 14.7. The van der Waals surface area contributed by atoms with Crippen molar-refractivity contribution in [2.75, 3.05) is 0 Å². The third kappa shape index (κ3) is 4.64. The molecule has 1 amide bonds. The number of furan rings is 1. The van der Waals surface area contributed by atoms with Crippen molar-refractivity contribution in [3.05, 3.63) is 103 Å². The average Bonchev–Trinajstić information content (AvgIpc) is 3.49. The summed E-state index contributed by atoms with van der Waals surface area (Å²) in [5.74, 6) is 1.04. The van der Waals surface area contributed by atoms with Crippen molar-refractivity contribution < 1.29 is 13.9 Å². The Labute approximate surface area is 173 Å². The number of imidazole rings is 1. The van der Waals surface area contributed by atoms with Gasteiger partial charge in [-0.1, -0.05) is 30.3 Å². The molecule has 0 saturated heterocycles. The highest BCUT2D eigenvalue weighted by molar-refractivity contribution is 6.00. The second-order valence-electron chi connectivity index (χ2n) is 6.52. The van der Waals surface area contributed by atoms with Gasteiger partial charge in [0.15, 0.2) is 5.76 Å². The Morgan fingerprint density at radius 1 is 1.10 bits per heavy atom. The van der Waals surface area contributed by atoms with Crippen LogP contribution in [0, 0.1) is 0 Å². The SMILES string of the molecule is C/C(=N/NC(=O)c1ccc(COc2ccccc2)o1)c1ccc(-n2ccnc2)cc1. The molecule has 2 aromatic carbocycles. The number of amides is 1. The Hall–Kier alpha value is -4.13. The molecule has 0 aliphatic heterocycles. The van der Waals surface area contributed by atoms with E-state index in [9.17, 15) is 4.79 Å². The third-order valence-corrected chi connectivity index (χ3v) is 4.42. The lowest BCUT2D eigenvalue weighted by molar-refractivity contribution is 0.0923. The molecule has 0 radical (unpaired) electrons. The summed E-state index contributed by atoms with van der Waals surface area (Å²) in [6.07, 6.45) is 5.33. The number of benzene rings is 2. The van der Waals surface area contributed by atoms with Crippen molar-refractivity contribution in [1.29, 1.82) is 0 Å². The van der Waals surface area contributed by atoms with Crippen LogP contribution in [0.4, 0.5) is 0 Å². The van der Waals surface area contributed by atoms with Crippen LogP contribution in [0.2, 0.25) is 0 Å². The molecule has 4 aromatic rings. The number of para-hydroxylation sites is 1. The van der Waals surface area contributed by atoms with Gasteiger partial charge in [0, 0.05) is 18.1 Å². The van der Waals surface area contributed by atoms with Gasteiger partial charge < -0.3 is 13.7 Å². The summed E-state index contributed by atoms with van der Waals surface area (Å²) < 4.78 is 13.1. The fourth-order valence-corrected chi connectivity index (χ4v) is 2.79. The van der Waals surface area contributed by atoms with Crippen LogP contribution in [-0.2, 0) is 6.61 Å². The number of nitrogens with one attached hydrogen (secondary N) is 1. The summed E-state index contributed by atoms with van der Waals surface area (Å²) in [6, 6.07) is 20.5. The minimum atomic E-state index is -0.421. The largest absolute Gasteiger partial charge is 0.486 e. The van der Waals surface area contributed by atoms with Crippen LogP contribution >= 0.6 is 0 Å². The summed E-state index contributed by atoms with van der Waals surface area (Å²) in [4.78, 5) is 16.4. The smallest absolute Gasteiger partial charge is 0.307 e. The number of carbonyl (C=O) groups excluding carboxylic acids is 1. The summed E-state index contributed by atoms with van der Waals surface area (Å²) in [6.45, 7) is 2.07. The highest BCUT2D eigenvalue weighted by atomic mass is 16.5. The van der Waals surface area contributed by atoms with Gasteiger partial charge >= 0.3 is 5.91 Å². The topological polar surface area (TPSA) is 81.6 Å². The first kappa shape index (κ1) is 19.2. The Bertz CT molecular complexity index is 1130. The molecule has 0 fully saturated rings. The van der Waals surface area contributed by atoms with Gasteiger partial charge in [0.25, 0.3) is 0 Å². The van der Waals surface area contributed by atoms with Crippen LogP contribution in [0.15, 0.2) is 95.0 Å². The van der Waals surface area contributed by atoms with E-state index in [0.717, 1.165) is 17.0 Å². The zero-order valence-electron chi connectivity index (χ0n) is 16.4. The highest BCUT2D eigenvalue weighted by Crippen LogP contribution is 2.14. The number of hydrogen-bond donors (Lipinski definition) is 1. The molecule has 0 unspecified atom stereocenters. The molecular weight excluding hydrogens is 380 g/mol. The molecule has 2 heterocycles. The Morgan fingerprint density at radius 2 is 1.90 bits per heavy atom. The molecule has 0 atom stereocenters. The molecule has 7 nitrogen and oxygen atoms in total. The molecule has 7 heteroatoms. The summed E-state index contributed by atoms with van der Waals surface area (Å²) >= 11 is 0. The van der Waals surface area contributed by atoms with E-state index >= 15 is 0 Å². The molecule has 0 bridgehead atoms. The van der Waals surface area contributed by atoms with Crippen molar-refractivity contribution in [3.8, 4) is 11.4 Å². The minimum absolute atomic E-state index is 0.175. The van der Waals surface area contributed by atoms with Crippen LogP contribution in [0.1, 0.15) is 28.8 Å². The molecule has 1 N–H and O–H groups in total. The Balaban J connectivity index is 1.34. The number of hydrogen-bond acceptors (Lipinski definition) is 5. The van der Waals surface area contributed by atoms with E-state index in [0.29, 0.717) is 11.5 Å². The van der Waals surface area contributed by atoms with Crippen molar-refractivity contribution >= 4 is 11.6 Å². The van der Waals surface area contributed by atoms with Crippen LogP contribution in [-0.4, -0.2) is 21.2 Å². The Kier molecular flexibility index (Phi) is 5.70. The van der Waals surface area contributed by atoms with Crippen molar-refractivity contribution in [3.63, 3.8) is 0 Å². The number of ether oxygens (including phenoxy) is 1. The third-order valence-electron chi connectivity index (χ3n) is 4.42. The van der Waals surface area contributed by atoms with E-state index < -0.39 is 5.91 Å². The maximum atomic E-state index is 12.3. The predicted octanol–water partition coefficient (Wildman–Crippen LogP) is 4.20. The van der Waals surface area contributed by atoms with Gasteiger partial charge in [-0.25, -0.2) is 10.4 Å². The van der Waals surface area contributed by atoms with Gasteiger partial charge in [0.05, 0.1) is 12.0 Å². The van der Waals surface area contributed by atoms with E-state index in [1.807, 2.05) is 72.3 Å². The summed E-state index contributed by atoms with van der Waals surface area (Å²) in [5.41, 5.74) is 5.10. The molecule has 4 rings (SSSR count). The highest BCUT2D eigenvalue weighted by Gasteiger charge is 2.11. The predicted molar refractivity (Wildman–Crippen MR) is 113 cm³/mol. The van der Waals surface area contributed by atoms with E-state index in [-0.39, 0.29) is 12.4 Å². The first-order valence-corrected chi connectivity index (χ1v) is 9.39. The zero-order valence-corrected chi connectivity index (χ0v) is 16.4. The lowest BCUT2D eigenvalue weighted by Crippen LogP contribution is -2.18. The summed E-state index contributed by atoms with van der Waals surface area (Å²) in [7, 11) is 0. The van der Waals surface area contributed by atoms with E-state index in [1.54, 1.807) is 24.7 Å². The van der Waals surface area contributed by atoms with Gasteiger partial charge in [0.1, 0.15) is 18.1 Å². The van der Waals surface area contributed by atoms with Crippen LogP contribution < -0.4 is 10.2 Å². The molecule has 0 aliphatic rings. The number of rotatable bonds is 7. The number of nitrogens with zero attached hydrogens (tertiary/aromatic N) is 3. The molecule has 0 aliphatic carbocycles. The molecular formula is C23H20N4O3. The standard InChI is InChI=1S/C23H20N4O3/c1-17(18-7-9-19(10-8-18)27-14-13-24-16-27)25-26-23(28)22-12-11-21(30-22)15-29-20-5-3-2-4-6-20/h2-14,16H,15H2,1H3,(H,26,28)/b25-17-. The average molecular weight is 400 g/mol. The van der Waals surface area contributed by atoms with Gasteiger partial charge in [-0.3, -0.25) is 4.79 Å². The fourth-order valence-electron chi connectivity index (χ4n) is 2.79. The normalized spacial score (nSPS) is 11.3. The lowest BCUT2D eigenvalue weighted by Gasteiger charge is -2.05. The van der Waals surface area contributed by atoms with Gasteiger partial charge in [-0.2, -0.15) is 5.10 Å². The van der Waals surface area contributed by atoms with E-state index in [1.165, 1.54) is 0 Å². The Morgan fingerprint density at radius 3 is 2.63 bits per heavy atom. The number of hydrazone groups is 1. The second-order valence-corrected chi connectivity index (χ2v) is 6.52. The van der Waals surface area contributed by atoms with Crippen LogP contribution in [0.3, 0.4) is 0 Å². The zero-order chi connectivity index (χ0) is 20.8. The van der Waals surface area contributed by atoms with E-state index in [4.69, 9.17) is 9.15 Å². The number of carbonyl (C=O) groups is 1. The lowest BCUT2D eigenvalue weighted by atomic mass is 10.1. The van der Waals surface area contributed by atoms with Crippen LogP contribution in [0.5, 0.6) is 5.75 Å². The maximum absolute atomic E-state index is 12.3. The second kappa shape index (κ2) is 8.91. The molecule has 0 spiro atoms. The van der Waals surface area contributed by atoms with E-state index in [2.05, 4.69) is 15.5 Å². The van der Waals surface area contributed by atoms with Crippen molar-refractivity contribution in [2.45, 2.75) is 13.5 Å². The minimum Gasteiger partial charge on any atom is -0.486 e. The van der Waals surface area contributed by atoms with Crippen LogP contribution in [0.25, 0.3) is 5.69 Å². The molecule has 0 saturated carbocycles. The fraction of sp³-hybridized carbons (Fsp3) is 0.0870. The number of aromatic nitrogens is 2. The van der Waals surface area contributed by atoms with Crippen molar-refractivity contribution in [1.82, 2.24) is 15.0 Å².